The summed E-state index contributed by atoms with van der Waals surface area (Å²) in [6.45, 7) is 10.4. The molecule has 5 rings (SSSR count). The molecule has 46 heavy (non-hydrogen) atoms. The predicted molar refractivity (Wildman–Crippen MR) is 176 cm³/mol. The molecule has 0 radical (unpaired) electrons. The first kappa shape index (κ1) is 32.9. The average Bonchev–Trinajstić information content (AvgIpc) is 3.60. The molecule has 2 N–H and O–H groups in total. The fourth-order valence-electron chi connectivity index (χ4n) is 5.61. The third-order valence-corrected chi connectivity index (χ3v) is 8.70. The van der Waals surface area contributed by atoms with Crippen molar-refractivity contribution in [2.45, 2.75) is 71.8 Å². The molecule has 0 bridgehead atoms. The SMILES string of the molecule is CC1=CSC(NC(=O)NC(C)CCCc2ccc(-c3ncn(-c4ccc(OC(F)(F)F)cc4)n3)cc2)N1c1c(C)cc(C)cc1C. The Hall–Kier alpha value is -4.45. The van der Waals surface area contributed by atoms with Gasteiger partial charge in [0.25, 0.3) is 0 Å². The molecule has 8 nitrogen and oxygen atoms in total. The van der Waals surface area contributed by atoms with E-state index in [1.54, 1.807) is 11.8 Å². The Labute approximate surface area is 271 Å². The third kappa shape index (κ3) is 8.22. The number of carbonyl (C=O) groups is 1. The van der Waals surface area contributed by atoms with Gasteiger partial charge in [0.15, 0.2) is 11.3 Å². The monoisotopic (exact) mass is 650 g/mol. The molecule has 2 amide bonds. The molecule has 0 saturated heterocycles. The molecule has 0 aliphatic carbocycles. The summed E-state index contributed by atoms with van der Waals surface area (Å²) in [5.41, 5.74) is 8.13. The maximum Gasteiger partial charge on any atom is 0.573 e. The molecule has 1 aliphatic rings. The summed E-state index contributed by atoms with van der Waals surface area (Å²) in [4.78, 5) is 19.5. The molecular weight excluding hydrogens is 613 g/mol. The number of halogens is 3. The first-order valence-electron chi connectivity index (χ1n) is 15.0. The summed E-state index contributed by atoms with van der Waals surface area (Å²) >= 11 is 1.59. The lowest BCUT2D eigenvalue weighted by molar-refractivity contribution is -0.274. The number of urea groups is 1. The number of ether oxygens (including phenoxy) is 1. The van der Waals surface area contributed by atoms with Crippen molar-refractivity contribution < 1.29 is 22.7 Å². The van der Waals surface area contributed by atoms with Crippen LogP contribution in [0.25, 0.3) is 17.1 Å². The number of nitrogens with zero attached hydrogens (tertiary/aromatic N) is 4. The molecule has 242 valence electrons. The Kier molecular flexibility index (Phi) is 9.95. The van der Waals surface area contributed by atoms with Gasteiger partial charge in [-0.2, -0.15) is 0 Å². The van der Waals surface area contributed by atoms with E-state index in [0.29, 0.717) is 11.5 Å². The van der Waals surface area contributed by atoms with Crippen LogP contribution in [0, 0.1) is 20.8 Å². The Bertz CT molecular complexity index is 1680. The quantitative estimate of drug-likeness (QED) is 0.180. The number of alkyl halides is 3. The summed E-state index contributed by atoms with van der Waals surface area (Å²) in [5.74, 6) is 0.204. The fraction of sp³-hybridized carbons (Fsp3) is 0.324. The van der Waals surface area contributed by atoms with Gasteiger partial charge in [-0.05, 0) is 100 Å². The highest BCUT2D eigenvalue weighted by Gasteiger charge is 2.31. The second kappa shape index (κ2) is 13.9. The van der Waals surface area contributed by atoms with Gasteiger partial charge in [0.2, 0.25) is 0 Å². The molecular formula is C34H37F3N6O2S. The molecule has 12 heteroatoms. The zero-order valence-corrected chi connectivity index (χ0v) is 27.2. The molecule has 0 fully saturated rings. The predicted octanol–water partition coefficient (Wildman–Crippen LogP) is 8.17. The van der Waals surface area contributed by atoms with E-state index in [4.69, 9.17) is 0 Å². The highest BCUT2D eigenvalue weighted by Crippen LogP contribution is 2.38. The van der Waals surface area contributed by atoms with Crippen LogP contribution in [-0.4, -0.2) is 38.7 Å². The molecule has 2 atom stereocenters. The standard InChI is InChI=1S/C34H37F3N6O2S/c1-21-17-22(2)30(23(3)18-21)43-25(5)19-46-33(43)40-32(44)39-24(4)7-6-8-26-9-11-27(12-10-26)31-38-20-42(41-31)28-13-15-29(16-14-28)45-34(35,36)37/h9-20,24,33H,6-8H2,1-5H3,(H2,39,40,44). The van der Waals surface area contributed by atoms with Crippen molar-refractivity contribution in [2.24, 2.45) is 0 Å². The van der Waals surface area contributed by atoms with E-state index in [9.17, 15) is 18.0 Å². The van der Waals surface area contributed by atoms with Gasteiger partial charge in [-0.25, -0.2) is 14.5 Å². The number of aromatic nitrogens is 3. The molecule has 0 saturated carbocycles. The van der Waals surface area contributed by atoms with Gasteiger partial charge in [-0.3, -0.25) is 0 Å². The third-order valence-electron chi connectivity index (χ3n) is 7.63. The number of aryl methyl sites for hydroxylation is 4. The molecule has 4 aromatic rings. The van der Waals surface area contributed by atoms with Crippen LogP contribution < -0.4 is 20.3 Å². The van der Waals surface area contributed by atoms with Crippen LogP contribution in [0.1, 0.15) is 48.9 Å². The van der Waals surface area contributed by atoms with Gasteiger partial charge < -0.3 is 20.3 Å². The highest BCUT2D eigenvalue weighted by atomic mass is 32.2. The average molecular weight is 651 g/mol. The van der Waals surface area contributed by atoms with Gasteiger partial charge in [0, 0.05) is 23.0 Å². The maximum absolute atomic E-state index is 12.9. The Morgan fingerprint density at radius 1 is 1.02 bits per heavy atom. The number of hydrogen-bond donors (Lipinski definition) is 2. The van der Waals surface area contributed by atoms with Crippen LogP contribution in [0.5, 0.6) is 5.75 Å². The van der Waals surface area contributed by atoms with Crippen molar-refractivity contribution in [3.63, 3.8) is 0 Å². The minimum absolute atomic E-state index is 0.00159. The van der Waals surface area contributed by atoms with Crippen molar-refractivity contribution >= 4 is 23.5 Å². The van der Waals surface area contributed by atoms with Crippen molar-refractivity contribution in [3.8, 4) is 22.8 Å². The van der Waals surface area contributed by atoms with Gasteiger partial charge in [-0.15, -0.1) is 18.3 Å². The number of nitrogens with one attached hydrogen (secondary N) is 2. The summed E-state index contributed by atoms with van der Waals surface area (Å²) in [6.07, 6.45) is -0.658. The topological polar surface area (TPSA) is 84.3 Å². The minimum atomic E-state index is -4.74. The van der Waals surface area contributed by atoms with E-state index in [-0.39, 0.29) is 23.3 Å². The van der Waals surface area contributed by atoms with E-state index in [2.05, 4.69) is 75.6 Å². The van der Waals surface area contributed by atoms with Crippen LogP contribution in [0.15, 0.2) is 78.1 Å². The Morgan fingerprint density at radius 2 is 1.70 bits per heavy atom. The van der Waals surface area contributed by atoms with E-state index >= 15 is 0 Å². The summed E-state index contributed by atoms with van der Waals surface area (Å²) in [6, 6.07) is 17.5. The maximum atomic E-state index is 12.9. The molecule has 2 unspecified atom stereocenters. The number of rotatable bonds is 10. The summed E-state index contributed by atoms with van der Waals surface area (Å²) < 4.78 is 42.7. The number of allylic oxidation sites excluding steroid dienone is 1. The van der Waals surface area contributed by atoms with Crippen LogP contribution in [0.4, 0.5) is 23.7 Å². The minimum Gasteiger partial charge on any atom is -0.406 e. The first-order valence-corrected chi connectivity index (χ1v) is 15.9. The summed E-state index contributed by atoms with van der Waals surface area (Å²) in [7, 11) is 0. The summed E-state index contributed by atoms with van der Waals surface area (Å²) in [5, 5.41) is 12.8. The van der Waals surface area contributed by atoms with Gasteiger partial charge in [0.1, 0.15) is 12.1 Å². The number of benzene rings is 3. The van der Waals surface area contributed by atoms with Gasteiger partial charge in [-0.1, -0.05) is 53.7 Å². The zero-order valence-electron chi connectivity index (χ0n) is 26.4. The van der Waals surface area contributed by atoms with Crippen LogP contribution in [0.3, 0.4) is 0 Å². The van der Waals surface area contributed by atoms with E-state index in [1.165, 1.54) is 52.0 Å². The van der Waals surface area contributed by atoms with Gasteiger partial charge >= 0.3 is 12.4 Å². The van der Waals surface area contributed by atoms with Crippen molar-refractivity contribution in [2.75, 3.05) is 4.90 Å². The van der Waals surface area contributed by atoms with Crippen LogP contribution in [-0.2, 0) is 6.42 Å². The lowest BCUT2D eigenvalue weighted by Gasteiger charge is -2.31. The van der Waals surface area contributed by atoms with E-state index in [0.717, 1.165) is 41.8 Å². The van der Waals surface area contributed by atoms with Crippen molar-refractivity contribution in [3.05, 3.63) is 100 Å². The van der Waals surface area contributed by atoms with E-state index in [1.807, 2.05) is 31.2 Å². The van der Waals surface area contributed by atoms with Crippen LogP contribution >= 0.6 is 11.8 Å². The molecule has 0 spiro atoms. The molecule has 2 heterocycles. The van der Waals surface area contributed by atoms with Crippen molar-refractivity contribution in [1.82, 2.24) is 25.4 Å². The number of thioether (sulfide) groups is 1. The molecule has 1 aromatic heterocycles. The largest absolute Gasteiger partial charge is 0.573 e. The van der Waals surface area contributed by atoms with Crippen molar-refractivity contribution in [1.29, 1.82) is 0 Å². The lowest BCUT2D eigenvalue weighted by atomic mass is 10.0. The number of hydrogen-bond acceptors (Lipinski definition) is 6. The number of carbonyl (C=O) groups excluding carboxylic acids is 1. The number of amides is 2. The van der Waals surface area contributed by atoms with E-state index < -0.39 is 6.36 Å². The number of anilines is 1. The van der Waals surface area contributed by atoms with Gasteiger partial charge in [0.05, 0.1) is 5.69 Å². The Morgan fingerprint density at radius 3 is 2.35 bits per heavy atom. The molecule has 1 aliphatic heterocycles. The molecule has 3 aromatic carbocycles. The second-order valence-electron chi connectivity index (χ2n) is 11.5. The first-order chi connectivity index (χ1) is 21.9. The smallest absolute Gasteiger partial charge is 0.406 e. The van der Waals surface area contributed by atoms with Crippen LogP contribution in [0.2, 0.25) is 0 Å². The zero-order chi connectivity index (χ0) is 33.0. The second-order valence-corrected chi connectivity index (χ2v) is 12.5. The lowest BCUT2D eigenvalue weighted by Crippen LogP contribution is -2.49. The highest BCUT2D eigenvalue weighted by molar-refractivity contribution is 8.03. The Balaban J connectivity index is 1.09. The normalized spacial score (nSPS) is 15.4. The fourth-order valence-corrected chi connectivity index (χ4v) is 6.62.